The molecule has 0 fully saturated rings. The molecule has 4 rings (SSSR count). The predicted octanol–water partition coefficient (Wildman–Crippen LogP) is 4.68. The molecule has 4 aromatic rings. The number of nitrogens with one attached hydrogen (secondary N) is 2. The van der Waals surface area contributed by atoms with E-state index in [1.165, 1.54) is 11.3 Å². The number of carbonyl (C=O) groups excluding carboxylic acids is 1. The Hall–Kier alpha value is -3.91. The van der Waals surface area contributed by atoms with E-state index >= 15 is 0 Å². The molecule has 0 aliphatic rings. The number of nitrogen functional groups attached to an aromatic ring is 1. The number of hydrogen-bond acceptors (Lipinski definition) is 7. The molecule has 8 heteroatoms. The molecule has 0 bridgehead atoms. The number of hydrogen-bond donors (Lipinski definition) is 3. The lowest BCUT2D eigenvalue weighted by atomic mass is 10.2. The number of pyridine rings is 1. The summed E-state index contributed by atoms with van der Waals surface area (Å²) in [5.74, 6) is 1.02. The van der Waals surface area contributed by atoms with Crippen LogP contribution in [0.4, 0.5) is 16.6 Å². The molecule has 4 N–H and O–H groups in total. The number of anilines is 3. The average Bonchev–Trinajstić information content (AvgIpc) is 3.14. The summed E-state index contributed by atoms with van der Waals surface area (Å²) in [5, 5.41) is 6.85. The van der Waals surface area contributed by atoms with Gasteiger partial charge in [0, 0.05) is 36.1 Å². The number of carbonyl (C=O) groups is 1. The van der Waals surface area contributed by atoms with Crippen LogP contribution in [0.5, 0.6) is 10.8 Å². The molecule has 2 heterocycles. The fourth-order valence-electron chi connectivity index (χ4n) is 2.85. The molecule has 0 radical (unpaired) electrons. The Morgan fingerprint density at radius 2 is 1.90 bits per heavy atom. The molecule has 2 aromatic carbocycles. The summed E-state index contributed by atoms with van der Waals surface area (Å²) in [6.45, 7) is 0. The van der Waals surface area contributed by atoms with Crippen molar-refractivity contribution in [2.75, 3.05) is 18.1 Å². The molecule has 1 amide bonds. The zero-order chi connectivity index (χ0) is 20.9. The van der Waals surface area contributed by atoms with Gasteiger partial charge in [-0.15, -0.1) is 0 Å². The van der Waals surface area contributed by atoms with E-state index in [1.54, 1.807) is 43.6 Å². The van der Waals surface area contributed by atoms with E-state index in [4.69, 9.17) is 10.5 Å². The summed E-state index contributed by atoms with van der Waals surface area (Å²) in [4.78, 5) is 20.6. The Morgan fingerprint density at radius 1 is 1.07 bits per heavy atom. The summed E-state index contributed by atoms with van der Waals surface area (Å²) in [6.07, 6.45) is 1.65. The van der Waals surface area contributed by atoms with Crippen LogP contribution in [-0.4, -0.2) is 22.9 Å². The van der Waals surface area contributed by atoms with E-state index in [0.717, 1.165) is 11.3 Å². The zero-order valence-electron chi connectivity index (χ0n) is 16.1. The maximum atomic E-state index is 11.8. The number of benzene rings is 2. The monoisotopic (exact) mass is 417 g/mol. The van der Waals surface area contributed by atoms with E-state index in [9.17, 15) is 4.79 Å². The summed E-state index contributed by atoms with van der Waals surface area (Å²) in [5.41, 5.74) is 8.85. The van der Waals surface area contributed by atoms with Gasteiger partial charge in [-0.2, -0.15) is 0 Å². The van der Waals surface area contributed by atoms with E-state index in [2.05, 4.69) is 20.6 Å². The van der Waals surface area contributed by atoms with Gasteiger partial charge in [0.1, 0.15) is 17.3 Å². The van der Waals surface area contributed by atoms with Crippen molar-refractivity contribution < 1.29 is 9.53 Å². The number of amides is 1. The molecular weight excluding hydrogens is 398 g/mol. The first-order chi connectivity index (χ1) is 14.6. The Labute approximate surface area is 177 Å². The van der Waals surface area contributed by atoms with Crippen LogP contribution < -0.4 is 21.1 Å². The van der Waals surface area contributed by atoms with Crippen molar-refractivity contribution in [2.24, 2.45) is 0 Å². The number of ether oxygens (including phenoxy) is 1. The third kappa shape index (κ3) is 4.39. The molecule has 0 aliphatic carbocycles. The second kappa shape index (κ2) is 8.62. The van der Waals surface area contributed by atoms with Crippen LogP contribution in [0.2, 0.25) is 0 Å². The van der Waals surface area contributed by atoms with Gasteiger partial charge in [-0.3, -0.25) is 4.79 Å². The first-order valence-electron chi connectivity index (χ1n) is 9.17. The van der Waals surface area contributed by atoms with E-state index < -0.39 is 0 Å². The quantitative estimate of drug-likeness (QED) is 0.421. The molecule has 30 heavy (non-hydrogen) atoms. The third-order valence-electron chi connectivity index (χ3n) is 4.23. The Bertz CT molecular complexity index is 1180. The Balaban J connectivity index is 1.56. The van der Waals surface area contributed by atoms with Crippen LogP contribution in [0, 0.1) is 0 Å². The number of thiazole rings is 1. The lowest BCUT2D eigenvalue weighted by Gasteiger charge is -2.10. The highest BCUT2D eigenvalue weighted by atomic mass is 32.1. The van der Waals surface area contributed by atoms with Gasteiger partial charge >= 0.3 is 0 Å². The summed E-state index contributed by atoms with van der Waals surface area (Å²) >= 11 is 1.28. The fraction of sp³-hybridized carbons (Fsp3) is 0.0455. The molecule has 0 spiro atoms. The highest BCUT2D eigenvalue weighted by Crippen LogP contribution is 2.39. The molecule has 0 unspecified atom stereocenters. The lowest BCUT2D eigenvalue weighted by molar-refractivity contribution is 0.0963. The molecule has 0 saturated heterocycles. The maximum Gasteiger partial charge on any atom is 0.251 e. The normalized spacial score (nSPS) is 10.4. The van der Waals surface area contributed by atoms with E-state index in [-0.39, 0.29) is 5.91 Å². The second-order valence-corrected chi connectivity index (χ2v) is 7.31. The van der Waals surface area contributed by atoms with Crippen LogP contribution >= 0.6 is 11.3 Å². The first kappa shape index (κ1) is 19.4. The van der Waals surface area contributed by atoms with Crippen molar-refractivity contribution in [3.8, 4) is 22.1 Å². The molecule has 7 nitrogen and oxygen atoms in total. The minimum absolute atomic E-state index is 0.153. The second-order valence-electron chi connectivity index (χ2n) is 6.32. The Kier molecular flexibility index (Phi) is 5.58. The zero-order valence-corrected chi connectivity index (χ0v) is 16.9. The number of nitrogens with two attached hydrogens (primary N) is 1. The highest BCUT2D eigenvalue weighted by molar-refractivity contribution is 7.17. The van der Waals surface area contributed by atoms with Gasteiger partial charge in [-0.05, 0) is 24.3 Å². The standard InChI is InChI=1S/C22H19N5O2S/c1-24-20(28)15-8-5-9-16(12-15)26-18-13-17(10-11-25-18)29-21-19(27-22(23)30-21)14-6-3-2-4-7-14/h2-13H,1H3,(H2,23,27)(H,24,28)(H,25,26). The van der Waals surface area contributed by atoms with Gasteiger partial charge in [0.2, 0.25) is 5.06 Å². The van der Waals surface area contributed by atoms with Crippen LogP contribution in [0.1, 0.15) is 10.4 Å². The SMILES string of the molecule is CNC(=O)c1cccc(Nc2cc(Oc3sc(N)nc3-c3ccccc3)ccn2)c1. The number of aromatic nitrogens is 2. The summed E-state index contributed by atoms with van der Waals surface area (Å²) in [6, 6.07) is 20.4. The maximum absolute atomic E-state index is 11.8. The molecule has 2 aromatic heterocycles. The van der Waals surface area contributed by atoms with Crippen molar-refractivity contribution in [1.82, 2.24) is 15.3 Å². The number of nitrogens with zero attached hydrogens (tertiary/aromatic N) is 2. The summed E-state index contributed by atoms with van der Waals surface area (Å²) < 4.78 is 6.07. The predicted molar refractivity (Wildman–Crippen MR) is 119 cm³/mol. The topological polar surface area (TPSA) is 102 Å². The van der Waals surface area contributed by atoms with E-state index in [0.29, 0.717) is 33.0 Å². The molecule has 0 saturated carbocycles. The van der Waals surface area contributed by atoms with Crippen molar-refractivity contribution in [2.45, 2.75) is 0 Å². The summed E-state index contributed by atoms with van der Waals surface area (Å²) in [7, 11) is 1.60. The van der Waals surface area contributed by atoms with Gasteiger partial charge in [0.05, 0.1) is 0 Å². The average molecular weight is 417 g/mol. The van der Waals surface area contributed by atoms with Crippen LogP contribution in [-0.2, 0) is 0 Å². The molecule has 150 valence electrons. The minimum atomic E-state index is -0.153. The smallest absolute Gasteiger partial charge is 0.251 e. The van der Waals surface area contributed by atoms with Gasteiger partial charge in [-0.25, -0.2) is 9.97 Å². The minimum Gasteiger partial charge on any atom is -0.444 e. The highest BCUT2D eigenvalue weighted by Gasteiger charge is 2.14. The molecule has 0 atom stereocenters. The van der Waals surface area contributed by atoms with Gasteiger partial charge in [0.25, 0.3) is 5.91 Å². The van der Waals surface area contributed by atoms with Crippen molar-refractivity contribution in [3.63, 3.8) is 0 Å². The van der Waals surface area contributed by atoms with Gasteiger partial charge < -0.3 is 21.1 Å². The van der Waals surface area contributed by atoms with Crippen molar-refractivity contribution in [1.29, 1.82) is 0 Å². The number of rotatable bonds is 6. The third-order valence-corrected chi connectivity index (χ3v) is 4.99. The van der Waals surface area contributed by atoms with Gasteiger partial charge in [0.15, 0.2) is 5.13 Å². The molecular formula is C22H19N5O2S. The van der Waals surface area contributed by atoms with Gasteiger partial charge in [-0.1, -0.05) is 47.7 Å². The van der Waals surface area contributed by atoms with Crippen LogP contribution in [0.3, 0.4) is 0 Å². The Morgan fingerprint density at radius 3 is 2.70 bits per heavy atom. The first-order valence-corrected chi connectivity index (χ1v) is 9.99. The van der Waals surface area contributed by atoms with Crippen molar-refractivity contribution >= 4 is 33.9 Å². The van der Waals surface area contributed by atoms with E-state index in [1.807, 2.05) is 36.4 Å². The van der Waals surface area contributed by atoms with Crippen LogP contribution in [0.25, 0.3) is 11.3 Å². The lowest BCUT2D eigenvalue weighted by Crippen LogP contribution is -2.17. The van der Waals surface area contributed by atoms with Crippen LogP contribution in [0.15, 0.2) is 72.9 Å². The largest absolute Gasteiger partial charge is 0.444 e. The van der Waals surface area contributed by atoms with Crippen molar-refractivity contribution in [3.05, 3.63) is 78.5 Å². The molecule has 0 aliphatic heterocycles. The fourth-order valence-corrected chi connectivity index (χ4v) is 3.57.